The Morgan fingerprint density at radius 2 is 2.43 bits per heavy atom. The first kappa shape index (κ1) is 4.85. The molecule has 0 saturated heterocycles. The fraction of sp³-hybridized carbons (Fsp3) is 0.500. The minimum absolute atomic E-state index is 0.958. The zero-order valence-corrected chi connectivity index (χ0v) is 4.28. The van der Waals surface area contributed by atoms with Gasteiger partial charge in [0.25, 0.3) is 0 Å². The Bertz CT molecular complexity index is 58.6. The van der Waals surface area contributed by atoms with Crippen LogP contribution in [-0.4, -0.2) is 6.54 Å². The molecule has 1 nitrogen and oxygen atoms in total. The lowest BCUT2D eigenvalue weighted by molar-refractivity contribution is 0.796. The molecule has 0 spiro atoms. The standard InChI is InChI=1S/C6H9N/c1-2-4-6-7-5-3-1/h1-2,7H,3-5H2. The average Bonchev–Trinajstić information content (AvgIpc) is 1.90. The quantitative estimate of drug-likeness (QED) is 0.442. The van der Waals surface area contributed by atoms with Crippen LogP contribution in [0.2, 0.25) is 0 Å². The second-order valence-corrected chi connectivity index (χ2v) is 1.57. The summed E-state index contributed by atoms with van der Waals surface area (Å²) in [6.07, 6.45) is 6.40. The number of hydrogen-bond donors (Lipinski definition) is 1. The zero-order chi connectivity index (χ0) is 4.95. The largest absolute Gasteiger partial charge is 0.307 e. The van der Waals surface area contributed by atoms with Crippen LogP contribution in [0, 0.1) is 6.54 Å². The van der Waals surface area contributed by atoms with E-state index in [1.165, 1.54) is 0 Å². The summed E-state index contributed by atoms with van der Waals surface area (Å²) in [6.45, 7) is 4.06. The molecule has 0 amide bonds. The summed E-state index contributed by atoms with van der Waals surface area (Å²) < 4.78 is 0. The van der Waals surface area contributed by atoms with E-state index in [2.05, 4.69) is 24.0 Å². The molecule has 38 valence electrons. The Kier molecular flexibility index (Phi) is 1.94. The van der Waals surface area contributed by atoms with E-state index >= 15 is 0 Å². The van der Waals surface area contributed by atoms with Gasteiger partial charge >= 0.3 is 0 Å². The lowest BCUT2D eigenvalue weighted by atomic mass is 10.4. The van der Waals surface area contributed by atoms with Crippen LogP contribution < -0.4 is 5.32 Å². The highest BCUT2D eigenvalue weighted by molar-refractivity contribution is 4.89. The lowest BCUT2D eigenvalue weighted by Gasteiger charge is -1.90. The van der Waals surface area contributed by atoms with Crippen LogP contribution in [0.5, 0.6) is 0 Å². The number of hydrogen-bond acceptors (Lipinski definition) is 1. The maximum Gasteiger partial charge on any atom is 0.0627 e. The summed E-state index contributed by atoms with van der Waals surface area (Å²) in [5.41, 5.74) is 0. The maximum absolute atomic E-state index is 3.03. The summed E-state index contributed by atoms with van der Waals surface area (Å²) in [4.78, 5) is 0. The highest BCUT2D eigenvalue weighted by atomic mass is 14.8. The van der Waals surface area contributed by atoms with Crippen molar-refractivity contribution >= 4 is 0 Å². The van der Waals surface area contributed by atoms with Gasteiger partial charge in [-0.1, -0.05) is 12.2 Å². The molecule has 0 aromatic carbocycles. The van der Waals surface area contributed by atoms with Crippen LogP contribution in [-0.2, 0) is 0 Å². The molecule has 0 unspecified atom stereocenters. The third-order valence-electron chi connectivity index (χ3n) is 0.948. The summed E-state index contributed by atoms with van der Waals surface area (Å²) in [5.74, 6) is 0. The number of nitrogens with one attached hydrogen (secondary N) is 1. The molecular weight excluding hydrogens is 86.1 g/mol. The first-order valence-electron chi connectivity index (χ1n) is 2.61. The summed E-state index contributed by atoms with van der Waals surface area (Å²) >= 11 is 0. The van der Waals surface area contributed by atoms with Gasteiger partial charge in [-0.15, -0.1) is 0 Å². The molecule has 2 radical (unpaired) electrons. The molecule has 1 aliphatic heterocycles. The summed E-state index contributed by atoms with van der Waals surface area (Å²) in [5, 5.41) is 3.03. The Labute approximate surface area is 44.4 Å². The predicted molar refractivity (Wildman–Crippen MR) is 29.6 cm³/mol. The second kappa shape index (κ2) is 2.80. The van der Waals surface area contributed by atoms with E-state index in [-0.39, 0.29) is 0 Å². The Morgan fingerprint density at radius 1 is 1.43 bits per heavy atom. The van der Waals surface area contributed by atoms with Gasteiger partial charge in [-0.05, 0) is 19.4 Å². The molecule has 7 heavy (non-hydrogen) atoms. The van der Waals surface area contributed by atoms with E-state index in [9.17, 15) is 0 Å². The Morgan fingerprint density at radius 3 is 3.43 bits per heavy atom. The molecule has 1 aliphatic rings. The van der Waals surface area contributed by atoms with Crippen LogP contribution in [0.1, 0.15) is 12.8 Å². The van der Waals surface area contributed by atoms with Gasteiger partial charge in [0.15, 0.2) is 0 Å². The number of rotatable bonds is 0. The third kappa shape index (κ3) is 1.74. The van der Waals surface area contributed by atoms with Gasteiger partial charge in [0.05, 0.1) is 6.54 Å². The second-order valence-electron chi connectivity index (χ2n) is 1.57. The van der Waals surface area contributed by atoms with Gasteiger partial charge in [0.1, 0.15) is 0 Å². The van der Waals surface area contributed by atoms with Gasteiger partial charge in [0.2, 0.25) is 0 Å². The zero-order valence-electron chi connectivity index (χ0n) is 4.28. The molecule has 0 bridgehead atoms. The van der Waals surface area contributed by atoms with Gasteiger partial charge in [-0.3, -0.25) is 0 Å². The predicted octanol–water partition coefficient (Wildman–Crippen LogP) is 0.965. The van der Waals surface area contributed by atoms with Crippen molar-refractivity contribution in [1.29, 1.82) is 0 Å². The van der Waals surface area contributed by atoms with Crippen molar-refractivity contribution in [3.63, 3.8) is 0 Å². The maximum atomic E-state index is 3.03. The van der Waals surface area contributed by atoms with Crippen molar-refractivity contribution in [2.75, 3.05) is 6.54 Å². The lowest BCUT2D eigenvalue weighted by Crippen LogP contribution is -2.07. The normalized spacial score (nSPS) is 21.7. The van der Waals surface area contributed by atoms with Gasteiger partial charge in [-0.2, -0.15) is 0 Å². The van der Waals surface area contributed by atoms with Crippen molar-refractivity contribution < 1.29 is 0 Å². The van der Waals surface area contributed by atoms with E-state index in [0.29, 0.717) is 0 Å². The monoisotopic (exact) mass is 95.1 g/mol. The van der Waals surface area contributed by atoms with E-state index < -0.39 is 0 Å². The van der Waals surface area contributed by atoms with Crippen molar-refractivity contribution in [3.05, 3.63) is 18.7 Å². The van der Waals surface area contributed by atoms with Gasteiger partial charge in [0, 0.05) is 0 Å². The minimum Gasteiger partial charge on any atom is -0.307 e. The highest BCUT2D eigenvalue weighted by Crippen LogP contribution is 1.92. The molecule has 1 rings (SSSR count). The van der Waals surface area contributed by atoms with Crippen LogP contribution in [0.3, 0.4) is 0 Å². The third-order valence-corrected chi connectivity index (χ3v) is 0.948. The molecule has 1 heteroatoms. The summed E-state index contributed by atoms with van der Waals surface area (Å²) in [6, 6.07) is 0. The molecule has 1 N–H and O–H groups in total. The highest BCUT2D eigenvalue weighted by Gasteiger charge is 1.87. The molecule has 0 aromatic heterocycles. The van der Waals surface area contributed by atoms with Crippen molar-refractivity contribution in [1.82, 2.24) is 5.32 Å². The topological polar surface area (TPSA) is 12.0 Å². The first-order chi connectivity index (χ1) is 3.50. The molecule has 0 fully saturated rings. The van der Waals surface area contributed by atoms with Crippen molar-refractivity contribution in [2.24, 2.45) is 0 Å². The fourth-order valence-corrected chi connectivity index (χ4v) is 0.576. The van der Waals surface area contributed by atoms with Crippen molar-refractivity contribution in [2.45, 2.75) is 12.8 Å². The first-order valence-corrected chi connectivity index (χ1v) is 2.61. The SMILES string of the molecule is [C]1CC=CCCN1. The van der Waals surface area contributed by atoms with Gasteiger partial charge < -0.3 is 5.32 Å². The van der Waals surface area contributed by atoms with Crippen molar-refractivity contribution in [3.8, 4) is 0 Å². The Balaban J connectivity index is 2.20. The summed E-state index contributed by atoms with van der Waals surface area (Å²) in [7, 11) is 0. The average molecular weight is 95.1 g/mol. The van der Waals surface area contributed by atoms with E-state index in [1.807, 2.05) is 0 Å². The molecule has 1 heterocycles. The molecule has 0 aliphatic carbocycles. The van der Waals surface area contributed by atoms with E-state index in [1.54, 1.807) is 0 Å². The van der Waals surface area contributed by atoms with Crippen LogP contribution in [0.15, 0.2) is 12.2 Å². The van der Waals surface area contributed by atoms with Crippen LogP contribution in [0.4, 0.5) is 0 Å². The molecule has 0 saturated carbocycles. The van der Waals surface area contributed by atoms with Crippen LogP contribution in [0.25, 0.3) is 0 Å². The Hall–Kier alpha value is -0.300. The fourth-order valence-electron chi connectivity index (χ4n) is 0.576. The van der Waals surface area contributed by atoms with Crippen LogP contribution >= 0.6 is 0 Å². The smallest absolute Gasteiger partial charge is 0.0627 e. The minimum atomic E-state index is 0.958. The van der Waals surface area contributed by atoms with E-state index in [0.717, 1.165) is 19.4 Å². The molecule has 0 aromatic rings. The molecular formula is C6H9N. The van der Waals surface area contributed by atoms with Gasteiger partial charge in [-0.25, -0.2) is 0 Å². The molecule has 0 atom stereocenters. The van der Waals surface area contributed by atoms with E-state index in [4.69, 9.17) is 0 Å².